The van der Waals surface area contributed by atoms with E-state index in [0.717, 1.165) is 18.1 Å². The fourth-order valence-electron chi connectivity index (χ4n) is 1.65. The summed E-state index contributed by atoms with van der Waals surface area (Å²) >= 11 is 1.84. The van der Waals surface area contributed by atoms with Crippen LogP contribution in [0, 0.1) is 5.41 Å². The number of nitrogens with zero attached hydrogens (tertiary/aromatic N) is 1. The smallest absolute Gasteiger partial charge is 0.309 e. The van der Waals surface area contributed by atoms with Gasteiger partial charge in [0.15, 0.2) is 0 Å². The van der Waals surface area contributed by atoms with E-state index in [4.69, 9.17) is 5.11 Å². The third-order valence-corrected chi connectivity index (χ3v) is 4.05. The minimum Gasteiger partial charge on any atom is -0.481 e. The van der Waals surface area contributed by atoms with Gasteiger partial charge in [-0.1, -0.05) is 0 Å². The van der Waals surface area contributed by atoms with E-state index in [0.29, 0.717) is 0 Å². The Morgan fingerprint density at radius 1 is 1.50 bits per heavy atom. The van der Waals surface area contributed by atoms with Crippen molar-refractivity contribution in [2.75, 3.05) is 18.1 Å². The van der Waals surface area contributed by atoms with E-state index < -0.39 is 11.4 Å². The number of carboxylic acids is 1. The Kier molecular flexibility index (Phi) is 4.24. The maximum atomic E-state index is 12.0. The van der Waals surface area contributed by atoms with Gasteiger partial charge < -0.3 is 10.0 Å². The molecule has 0 bridgehead atoms. The van der Waals surface area contributed by atoms with Gasteiger partial charge in [0.25, 0.3) is 0 Å². The van der Waals surface area contributed by atoms with Crippen LogP contribution in [-0.2, 0) is 9.59 Å². The van der Waals surface area contributed by atoms with E-state index in [1.807, 2.05) is 18.7 Å². The first-order chi connectivity index (χ1) is 7.34. The molecule has 1 rings (SSSR count). The van der Waals surface area contributed by atoms with E-state index in [9.17, 15) is 9.59 Å². The van der Waals surface area contributed by atoms with Crippen molar-refractivity contribution in [3.8, 4) is 0 Å². The first-order valence-electron chi connectivity index (χ1n) is 5.45. The summed E-state index contributed by atoms with van der Waals surface area (Å²) in [7, 11) is 0. The molecule has 0 radical (unpaired) electrons. The van der Waals surface area contributed by atoms with E-state index in [1.54, 1.807) is 18.7 Å². The van der Waals surface area contributed by atoms with Crippen LogP contribution in [0.25, 0.3) is 0 Å². The van der Waals surface area contributed by atoms with Gasteiger partial charge in [-0.25, -0.2) is 0 Å². The van der Waals surface area contributed by atoms with E-state index in [-0.39, 0.29) is 18.4 Å². The Labute approximate surface area is 100 Å². The van der Waals surface area contributed by atoms with Crippen molar-refractivity contribution in [3.63, 3.8) is 0 Å². The summed E-state index contributed by atoms with van der Waals surface area (Å²) in [6.07, 6.45) is 0.0807. The van der Waals surface area contributed by atoms with Crippen LogP contribution < -0.4 is 0 Å². The maximum Gasteiger partial charge on any atom is 0.309 e. The number of carbonyl (C=O) groups excluding carboxylic acids is 1. The van der Waals surface area contributed by atoms with Crippen molar-refractivity contribution in [3.05, 3.63) is 0 Å². The zero-order chi connectivity index (χ0) is 12.3. The minimum absolute atomic E-state index is 0.0415. The minimum atomic E-state index is -0.971. The van der Waals surface area contributed by atoms with Crippen molar-refractivity contribution in [1.29, 1.82) is 0 Å². The molecular weight excluding hydrogens is 226 g/mol. The summed E-state index contributed by atoms with van der Waals surface area (Å²) in [5.74, 6) is 0.933. The van der Waals surface area contributed by atoms with Gasteiger partial charge in [0.2, 0.25) is 5.91 Å². The standard InChI is InChI=1S/C11H19NO3S/c1-8-7-16-5-4-12(8)9(13)6-11(2,3)10(14)15/h8H,4-7H2,1-3H3,(H,14,15). The topological polar surface area (TPSA) is 57.6 Å². The molecule has 1 atom stereocenters. The molecule has 1 unspecified atom stereocenters. The molecule has 16 heavy (non-hydrogen) atoms. The van der Waals surface area contributed by atoms with Crippen LogP contribution in [0.1, 0.15) is 27.2 Å². The van der Waals surface area contributed by atoms with Gasteiger partial charge in [0.05, 0.1) is 5.41 Å². The number of aliphatic carboxylic acids is 1. The summed E-state index contributed by atoms with van der Waals surface area (Å²) in [6, 6.07) is 0.218. The number of hydrogen-bond acceptors (Lipinski definition) is 3. The summed E-state index contributed by atoms with van der Waals surface area (Å²) in [5.41, 5.74) is -0.971. The van der Waals surface area contributed by atoms with Crippen LogP contribution in [0.5, 0.6) is 0 Å². The lowest BCUT2D eigenvalue weighted by atomic mass is 9.89. The van der Waals surface area contributed by atoms with Gasteiger partial charge in [0.1, 0.15) is 0 Å². The van der Waals surface area contributed by atoms with Crippen LogP contribution in [-0.4, -0.2) is 46.0 Å². The molecule has 1 heterocycles. The normalized spacial score (nSPS) is 21.9. The number of carbonyl (C=O) groups is 2. The first-order valence-corrected chi connectivity index (χ1v) is 6.60. The molecule has 4 nitrogen and oxygen atoms in total. The molecule has 1 aliphatic heterocycles. The summed E-state index contributed by atoms with van der Waals surface area (Å²) in [5, 5.41) is 8.98. The zero-order valence-electron chi connectivity index (χ0n) is 10.0. The molecule has 0 saturated carbocycles. The van der Waals surface area contributed by atoms with Gasteiger partial charge in [-0.3, -0.25) is 9.59 Å². The lowest BCUT2D eigenvalue weighted by Gasteiger charge is -2.34. The fraction of sp³-hybridized carbons (Fsp3) is 0.818. The molecule has 1 N–H and O–H groups in total. The molecular formula is C11H19NO3S. The molecule has 0 aromatic heterocycles. The maximum absolute atomic E-state index is 12.0. The average Bonchev–Trinajstić information content (AvgIpc) is 2.17. The Bertz CT molecular complexity index is 291. The SMILES string of the molecule is CC1CSCCN1C(=O)CC(C)(C)C(=O)O. The Morgan fingerprint density at radius 2 is 2.12 bits per heavy atom. The highest BCUT2D eigenvalue weighted by molar-refractivity contribution is 7.99. The first kappa shape index (κ1) is 13.4. The highest BCUT2D eigenvalue weighted by Crippen LogP contribution is 2.24. The number of rotatable bonds is 3. The Hall–Kier alpha value is -0.710. The highest BCUT2D eigenvalue weighted by atomic mass is 32.2. The van der Waals surface area contributed by atoms with E-state index in [1.165, 1.54) is 0 Å². The molecule has 92 valence electrons. The van der Waals surface area contributed by atoms with Crippen molar-refractivity contribution in [2.45, 2.75) is 33.2 Å². The van der Waals surface area contributed by atoms with Crippen molar-refractivity contribution in [1.82, 2.24) is 4.90 Å². The molecule has 0 aromatic carbocycles. The zero-order valence-corrected chi connectivity index (χ0v) is 10.8. The third-order valence-electron chi connectivity index (χ3n) is 2.86. The number of thioether (sulfide) groups is 1. The number of amides is 1. The van der Waals surface area contributed by atoms with E-state index in [2.05, 4.69) is 0 Å². The molecule has 0 aromatic rings. The van der Waals surface area contributed by atoms with Crippen LogP contribution in [0.3, 0.4) is 0 Å². The molecule has 0 spiro atoms. The molecule has 5 heteroatoms. The summed E-state index contributed by atoms with van der Waals surface area (Å²) in [6.45, 7) is 5.94. The largest absolute Gasteiger partial charge is 0.481 e. The Balaban J connectivity index is 2.61. The molecule has 1 amide bonds. The second-order valence-electron chi connectivity index (χ2n) is 4.88. The Morgan fingerprint density at radius 3 is 2.62 bits per heavy atom. The van der Waals surface area contributed by atoms with Crippen molar-refractivity contribution in [2.24, 2.45) is 5.41 Å². The monoisotopic (exact) mass is 245 g/mol. The molecule has 0 aliphatic carbocycles. The third kappa shape index (κ3) is 3.14. The lowest BCUT2D eigenvalue weighted by Crippen LogP contribution is -2.46. The predicted octanol–water partition coefficient (Wildman–Crippen LogP) is 1.45. The second kappa shape index (κ2) is 5.08. The van der Waals surface area contributed by atoms with E-state index >= 15 is 0 Å². The van der Waals surface area contributed by atoms with Crippen molar-refractivity contribution >= 4 is 23.6 Å². The quantitative estimate of drug-likeness (QED) is 0.817. The average molecular weight is 245 g/mol. The molecule has 1 aliphatic rings. The van der Waals surface area contributed by atoms with Crippen LogP contribution in [0.4, 0.5) is 0 Å². The van der Waals surface area contributed by atoms with Crippen molar-refractivity contribution < 1.29 is 14.7 Å². The number of hydrogen-bond donors (Lipinski definition) is 1. The predicted molar refractivity (Wildman–Crippen MR) is 64.5 cm³/mol. The number of carboxylic acid groups (broad SMARTS) is 1. The van der Waals surface area contributed by atoms with Gasteiger partial charge in [-0.05, 0) is 20.8 Å². The van der Waals surface area contributed by atoms with Crippen LogP contribution >= 0.6 is 11.8 Å². The summed E-state index contributed by atoms with van der Waals surface area (Å²) in [4.78, 5) is 24.7. The molecule has 1 fully saturated rings. The van der Waals surface area contributed by atoms with Crippen LogP contribution in [0.2, 0.25) is 0 Å². The van der Waals surface area contributed by atoms with Gasteiger partial charge in [0, 0.05) is 30.5 Å². The highest BCUT2D eigenvalue weighted by Gasteiger charge is 2.33. The van der Waals surface area contributed by atoms with Crippen LogP contribution in [0.15, 0.2) is 0 Å². The fourth-order valence-corrected chi connectivity index (χ4v) is 2.67. The van der Waals surface area contributed by atoms with Gasteiger partial charge in [-0.15, -0.1) is 0 Å². The van der Waals surface area contributed by atoms with Gasteiger partial charge >= 0.3 is 5.97 Å². The second-order valence-corrected chi connectivity index (χ2v) is 6.03. The van der Waals surface area contributed by atoms with Gasteiger partial charge in [-0.2, -0.15) is 11.8 Å². The lowest BCUT2D eigenvalue weighted by molar-refractivity contribution is -0.151. The molecule has 1 saturated heterocycles. The summed E-state index contributed by atoms with van der Waals surface area (Å²) < 4.78 is 0.